The van der Waals surface area contributed by atoms with Gasteiger partial charge in [0.25, 0.3) is 0 Å². The predicted octanol–water partition coefficient (Wildman–Crippen LogP) is 5.43. The maximum Gasteiger partial charge on any atom is -0.412 e. The van der Waals surface area contributed by atoms with E-state index >= 15 is 0 Å². The van der Waals surface area contributed by atoms with Crippen LogP contribution >= 0.6 is 0 Å². The first-order valence-electron chi connectivity index (χ1n) is 8.24. The Labute approximate surface area is 136 Å². The van der Waals surface area contributed by atoms with Crippen molar-refractivity contribution < 1.29 is 5.48 Å². The van der Waals surface area contributed by atoms with Crippen molar-refractivity contribution in [2.45, 2.75) is 100 Å². The van der Waals surface area contributed by atoms with Crippen LogP contribution in [0.1, 0.15) is 79.1 Å². The Morgan fingerprint density at radius 2 is 0.684 bits per heavy atom. The van der Waals surface area contributed by atoms with Gasteiger partial charge in [0.15, 0.2) is 0 Å². The molecule has 0 aromatic carbocycles. The number of hydrogen-bond acceptors (Lipinski definition) is 0. The summed E-state index contributed by atoms with van der Waals surface area (Å²) < 4.78 is 0. The van der Waals surface area contributed by atoms with Crippen LogP contribution in [-0.2, 0) is 0 Å². The second-order valence-corrected chi connectivity index (χ2v) is 11.2. The van der Waals surface area contributed by atoms with Gasteiger partial charge in [-0.25, -0.2) is 0 Å². The van der Waals surface area contributed by atoms with Crippen molar-refractivity contribution in [3.05, 3.63) is 0 Å². The van der Waals surface area contributed by atoms with Crippen LogP contribution < -0.4 is 0 Å². The molecule has 2 N–H and O–H groups in total. The van der Waals surface area contributed by atoms with Crippen molar-refractivity contribution in [1.82, 2.24) is 0 Å². The van der Waals surface area contributed by atoms with Gasteiger partial charge in [-0.05, 0) is 0 Å². The van der Waals surface area contributed by atoms with E-state index in [0.29, 0.717) is 30.9 Å². The van der Waals surface area contributed by atoms with E-state index in [9.17, 15) is 0 Å². The Hall–Kier alpha value is 1.05. The number of hydrogen-bond donors (Lipinski definition) is 0. The van der Waals surface area contributed by atoms with Crippen LogP contribution in [-0.4, -0.2) is 36.3 Å². The van der Waals surface area contributed by atoms with Crippen molar-refractivity contribution in [2.24, 2.45) is 0 Å². The van der Waals surface area contributed by atoms with Crippen molar-refractivity contribution in [3.63, 3.8) is 0 Å². The fourth-order valence-corrected chi connectivity index (χ4v) is 7.57. The molecule has 19 heavy (non-hydrogen) atoms. The molecule has 3 heteroatoms. The van der Waals surface area contributed by atoms with E-state index in [4.69, 9.17) is 0 Å². The van der Waals surface area contributed by atoms with Gasteiger partial charge in [-0.3, -0.25) is 0 Å². The molecule has 0 aliphatic heterocycles. The zero-order chi connectivity index (χ0) is 13.9. The standard InChI is InChI=1S/2C8H18Ge.H2O/c2*1-3-5-7-9-8-6-4-2;/h2*3-8H2,1-2H3;1H2. The monoisotopic (exact) mass is 394 g/mol. The maximum atomic E-state index is 2.28. The summed E-state index contributed by atoms with van der Waals surface area (Å²) in [7, 11) is 0. The van der Waals surface area contributed by atoms with Gasteiger partial charge < -0.3 is 5.48 Å². The Morgan fingerprint density at radius 1 is 0.474 bits per heavy atom. The molecule has 0 heterocycles. The van der Waals surface area contributed by atoms with Gasteiger partial charge >= 0.3 is 131 Å². The average molecular weight is 392 g/mol. The van der Waals surface area contributed by atoms with Crippen molar-refractivity contribution in [3.8, 4) is 0 Å². The second-order valence-electron chi connectivity index (χ2n) is 4.91. The van der Waals surface area contributed by atoms with Gasteiger partial charge in [0, 0.05) is 0 Å². The third-order valence-electron chi connectivity index (χ3n) is 2.83. The molecule has 0 unspecified atom stereocenters. The Morgan fingerprint density at radius 3 is 0.842 bits per heavy atom. The smallest absolute Gasteiger partial charge is 0.412 e. The first kappa shape index (κ1) is 25.0. The topological polar surface area (TPSA) is 31.5 Å². The molecule has 116 valence electrons. The molecule has 0 atom stereocenters. The van der Waals surface area contributed by atoms with E-state index in [1.807, 2.05) is 0 Å². The summed E-state index contributed by atoms with van der Waals surface area (Å²) in [6.07, 6.45) is 11.6. The number of unbranched alkanes of at least 4 members (excludes halogenated alkanes) is 4. The first-order valence-corrected chi connectivity index (χ1v) is 14.2. The van der Waals surface area contributed by atoms with E-state index in [0.717, 1.165) is 0 Å². The summed E-state index contributed by atoms with van der Waals surface area (Å²) in [6.45, 7) is 9.13. The van der Waals surface area contributed by atoms with Crippen LogP contribution in [0.4, 0.5) is 0 Å². The molecule has 4 radical (unpaired) electrons. The van der Waals surface area contributed by atoms with Crippen LogP contribution in [0.15, 0.2) is 0 Å². The fraction of sp³-hybridized carbons (Fsp3) is 1.00. The largest absolute Gasteiger partial charge is 0.412 e. The van der Waals surface area contributed by atoms with Crippen molar-refractivity contribution in [1.29, 1.82) is 0 Å². The summed E-state index contributed by atoms with van der Waals surface area (Å²) in [6, 6.07) is 0. The third-order valence-corrected chi connectivity index (χ3v) is 8.76. The summed E-state index contributed by atoms with van der Waals surface area (Å²) in [5.74, 6) is 0. The SMILES string of the molecule is CCC[CH2][Ge][CH2]CCC.CCC[CH2][Ge][CH2]CCC.O. The van der Waals surface area contributed by atoms with Gasteiger partial charge in [-0.1, -0.05) is 0 Å². The minimum absolute atomic E-state index is 0. The summed E-state index contributed by atoms with van der Waals surface area (Å²) in [5.41, 5.74) is 0. The van der Waals surface area contributed by atoms with Crippen LogP contribution in [0.3, 0.4) is 0 Å². The second kappa shape index (κ2) is 27.4. The maximum absolute atomic E-state index is 2.28. The molecule has 0 spiro atoms. The van der Waals surface area contributed by atoms with E-state index in [2.05, 4.69) is 27.7 Å². The van der Waals surface area contributed by atoms with Gasteiger partial charge in [0.05, 0.1) is 0 Å². The van der Waals surface area contributed by atoms with E-state index in [1.165, 1.54) is 51.4 Å². The minimum atomic E-state index is 0. The Balaban J connectivity index is -0.000000256. The van der Waals surface area contributed by atoms with Crippen LogP contribution in [0, 0.1) is 0 Å². The molecule has 0 rings (SSSR count). The van der Waals surface area contributed by atoms with Gasteiger partial charge in [-0.15, -0.1) is 0 Å². The fourth-order valence-electron chi connectivity index (χ4n) is 1.46. The summed E-state index contributed by atoms with van der Waals surface area (Å²) >= 11 is 0.993. The molecule has 0 saturated heterocycles. The Bertz CT molecular complexity index is 95.3. The molecule has 0 aromatic rings. The zero-order valence-electron chi connectivity index (χ0n) is 14.0. The minimum Gasteiger partial charge on any atom is -0.412 e. The average Bonchev–Trinajstić information content (AvgIpc) is 2.39. The van der Waals surface area contributed by atoms with Gasteiger partial charge in [0.1, 0.15) is 0 Å². The zero-order valence-corrected chi connectivity index (χ0v) is 18.2. The Kier molecular flexibility index (Phi) is 36.1. The van der Waals surface area contributed by atoms with Gasteiger partial charge in [0.2, 0.25) is 0 Å². The molecular weight excluding hydrogens is 353 g/mol. The van der Waals surface area contributed by atoms with Crippen molar-refractivity contribution in [2.75, 3.05) is 0 Å². The summed E-state index contributed by atoms with van der Waals surface area (Å²) in [4.78, 5) is 0. The van der Waals surface area contributed by atoms with E-state index < -0.39 is 0 Å². The number of rotatable bonds is 12. The van der Waals surface area contributed by atoms with Crippen LogP contribution in [0.2, 0.25) is 21.0 Å². The molecule has 0 aliphatic rings. The quantitative estimate of drug-likeness (QED) is 0.314. The van der Waals surface area contributed by atoms with Crippen LogP contribution in [0.5, 0.6) is 0 Å². The predicted molar refractivity (Wildman–Crippen MR) is 94.0 cm³/mol. The molecule has 0 aliphatic carbocycles. The molecule has 0 saturated carbocycles. The van der Waals surface area contributed by atoms with E-state index in [-0.39, 0.29) is 5.48 Å². The van der Waals surface area contributed by atoms with E-state index in [1.54, 1.807) is 21.0 Å². The third kappa shape index (κ3) is 32.5. The molecule has 1 nitrogen and oxygen atoms in total. The molecule has 0 amide bonds. The van der Waals surface area contributed by atoms with Crippen molar-refractivity contribution >= 4 is 30.9 Å². The molecule has 0 bridgehead atoms. The summed E-state index contributed by atoms with van der Waals surface area (Å²) in [5, 5.41) is 6.32. The first-order chi connectivity index (χ1) is 8.83. The van der Waals surface area contributed by atoms with Crippen LogP contribution in [0.25, 0.3) is 0 Å². The molecule has 0 fully saturated rings. The molecule has 0 aromatic heterocycles. The normalized spacial score (nSPS) is 9.47. The molecular formula is C16H38Ge2O. The van der Waals surface area contributed by atoms with Gasteiger partial charge in [-0.2, -0.15) is 0 Å².